The Morgan fingerprint density at radius 3 is 2.60 bits per heavy atom. The molecule has 0 aromatic carbocycles. The maximum atomic E-state index is 11.7. The molecule has 0 bridgehead atoms. The zero-order valence-electron chi connectivity index (χ0n) is 10.1. The van der Waals surface area contributed by atoms with Crippen LogP contribution < -0.4 is 5.32 Å². The molecule has 0 saturated heterocycles. The van der Waals surface area contributed by atoms with Crippen LogP contribution in [0.2, 0.25) is 0 Å². The maximum Gasteiger partial charge on any atom is 0.325 e. The summed E-state index contributed by atoms with van der Waals surface area (Å²) in [7, 11) is 0. The summed E-state index contributed by atoms with van der Waals surface area (Å²) in [4.78, 5) is 11.7. The molecule has 0 atom stereocenters. The van der Waals surface area contributed by atoms with Gasteiger partial charge in [0.1, 0.15) is 5.54 Å². The maximum absolute atomic E-state index is 11.7. The Hall–Kier alpha value is -0.570. The molecule has 3 nitrogen and oxygen atoms in total. The van der Waals surface area contributed by atoms with Crippen molar-refractivity contribution in [3.63, 3.8) is 0 Å². The van der Waals surface area contributed by atoms with Crippen LogP contribution in [-0.2, 0) is 9.53 Å². The van der Waals surface area contributed by atoms with Crippen molar-refractivity contribution < 1.29 is 9.53 Å². The van der Waals surface area contributed by atoms with Crippen molar-refractivity contribution >= 4 is 5.97 Å². The van der Waals surface area contributed by atoms with Crippen molar-refractivity contribution in [3.05, 3.63) is 0 Å². The number of carbonyl (C=O) groups is 1. The summed E-state index contributed by atoms with van der Waals surface area (Å²) in [6.07, 6.45) is 5.01. The average molecular weight is 213 g/mol. The van der Waals surface area contributed by atoms with Gasteiger partial charge in [-0.25, -0.2) is 0 Å². The standard InChI is InChI=1S/C12H23NO2/c1-4-13-12(2,3)11(14)15-9-8-10-6-5-7-10/h10,13H,4-9H2,1-3H3. The number of esters is 1. The predicted molar refractivity (Wildman–Crippen MR) is 60.7 cm³/mol. The number of likely N-dealkylation sites (N-methyl/N-ethyl adjacent to an activating group) is 1. The van der Waals surface area contributed by atoms with E-state index in [0.717, 1.165) is 18.9 Å². The average Bonchev–Trinajstić information content (AvgIpc) is 2.08. The van der Waals surface area contributed by atoms with Crippen LogP contribution in [0, 0.1) is 5.92 Å². The molecule has 88 valence electrons. The van der Waals surface area contributed by atoms with Crippen LogP contribution in [0.25, 0.3) is 0 Å². The molecule has 1 aliphatic carbocycles. The predicted octanol–water partition coefficient (Wildman–Crippen LogP) is 2.11. The third-order valence-corrected chi connectivity index (χ3v) is 3.11. The fraction of sp³-hybridized carbons (Fsp3) is 0.917. The van der Waals surface area contributed by atoms with E-state index in [1.165, 1.54) is 19.3 Å². The Morgan fingerprint density at radius 2 is 2.13 bits per heavy atom. The van der Waals surface area contributed by atoms with Gasteiger partial charge in [0.05, 0.1) is 6.61 Å². The lowest BCUT2D eigenvalue weighted by Crippen LogP contribution is -2.47. The van der Waals surface area contributed by atoms with Crippen LogP contribution in [0.3, 0.4) is 0 Å². The number of carbonyl (C=O) groups excluding carboxylic acids is 1. The van der Waals surface area contributed by atoms with Gasteiger partial charge in [0.25, 0.3) is 0 Å². The van der Waals surface area contributed by atoms with Crippen LogP contribution in [-0.4, -0.2) is 24.7 Å². The molecule has 1 aliphatic rings. The minimum atomic E-state index is -0.547. The second-order valence-electron chi connectivity index (χ2n) is 4.88. The molecule has 0 aromatic heterocycles. The number of rotatable bonds is 6. The smallest absolute Gasteiger partial charge is 0.325 e. The van der Waals surface area contributed by atoms with Crippen LogP contribution in [0.5, 0.6) is 0 Å². The molecule has 0 spiro atoms. The Kier molecular flexibility index (Phi) is 4.58. The van der Waals surface area contributed by atoms with Gasteiger partial charge >= 0.3 is 5.97 Å². The van der Waals surface area contributed by atoms with Gasteiger partial charge in [-0.2, -0.15) is 0 Å². The van der Waals surface area contributed by atoms with E-state index in [9.17, 15) is 4.79 Å². The summed E-state index contributed by atoms with van der Waals surface area (Å²) < 4.78 is 5.26. The molecule has 0 aromatic rings. The van der Waals surface area contributed by atoms with E-state index in [2.05, 4.69) is 5.32 Å². The number of hydrogen-bond acceptors (Lipinski definition) is 3. The van der Waals surface area contributed by atoms with Gasteiger partial charge in [-0.1, -0.05) is 26.2 Å². The number of ether oxygens (including phenoxy) is 1. The lowest BCUT2D eigenvalue weighted by molar-refractivity contribution is -0.150. The molecule has 1 N–H and O–H groups in total. The van der Waals surface area contributed by atoms with Crippen LogP contribution in [0.4, 0.5) is 0 Å². The first-order valence-corrected chi connectivity index (χ1v) is 5.98. The fourth-order valence-corrected chi connectivity index (χ4v) is 1.79. The zero-order chi connectivity index (χ0) is 11.3. The lowest BCUT2D eigenvalue weighted by Gasteiger charge is -2.27. The summed E-state index contributed by atoms with van der Waals surface area (Å²) in [5.74, 6) is 0.670. The molecule has 0 heterocycles. The quantitative estimate of drug-likeness (QED) is 0.687. The molecule has 1 fully saturated rings. The largest absolute Gasteiger partial charge is 0.464 e. The first-order valence-electron chi connectivity index (χ1n) is 5.98. The van der Waals surface area contributed by atoms with Gasteiger partial charge in [-0.05, 0) is 32.7 Å². The molecule has 0 aliphatic heterocycles. The second-order valence-corrected chi connectivity index (χ2v) is 4.88. The van der Waals surface area contributed by atoms with Crippen molar-refractivity contribution in [3.8, 4) is 0 Å². The molecule has 1 rings (SSSR count). The SMILES string of the molecule is CCNC(C)(C)C(=O)OCCC1CCC1. The molecule has 1 saturated carbocycles. The van der Waals surface area contributed by atoms with E-state index >= 15 is 0 Å². The molecular weight excluding hydrogens is 190 g/mol. The molecular formula is C12H23NO2. The Labute approximate surface area is 92.6 Å². The minimum Gasteiger partial charge on any atom is -0.464 e. The normalized spacial score (nSPS) is 17.3. The first kappa shape index (κ1) is 12.5. The topological polar surface area (TPSA) is 38.3 Å². The minimum absolute atomic E-state index is 0.135. The van der Waals surface area contributed by atoms with E-state index in [-0.39, 0.29) is 5.97 Å². The Balaban J connectivity index is 2.16. The monoisotopic (exact) mass is 213 g/mol. The van der Waals surface area contributed by atoms with E-state index in [4.69, 9.17) is 4.74 Å². The van der Waals surface area contributed by atoms with Gasteiger partial charge in [0, 0.05) is 0 Å². The second kappa shape index (κ2) is 5.50. The van der Waals surface area contributed by atoms with Crippen molar-refractivity contribution in [2.24, 2.45) is 5.92 Å². The Morgan fingerprint density at radius 1 is 1.47 bits per heavy atom. The third-order valence-electron chi connectivity index (χ3n) is 3.11. The highest BCUT2D eigenvalue weighted by Crippen LogP contribution is 2.29. The Bertz CT molecular complexity index is 210. The molecule has 3 heteroatoms. The van der Waals surface area contributed by atoms with Gasteiger partial charge in [0.15, 0.2) is 0 Å². The van der Waals surface area contributed by atoms with Gasteiger partial charge < -0.3 is 10.1 Å². The van der Waals surface area contributed by atoms with Crippen molar-refractivity contribution in [2.75, 3.05) is 13.2 Å². The van der Waals surface area contributed by atoms with Gasteiger partial charge in [-0.3, -0.25) is 4.79 Å². The van der Waals surface area contributed by atoms with Gasteiger partial charge in [0.2, 0.25) is 0 Å². The molecule has 0 radical (unpaired) electrons. The third kappa shape index (κ3) is 3.82. The van der Waals surface area contributed by atoms with Crippen LogP contribution in [0.1, 0.15) is 46.5 Å². The van der Waals surface area contributed by atoms with E-state index in [1.807, 2.05) is 20.8 Å². The van der Waals surface area contributed by atoms with Gasteiger partial charge in [-0.15, -0.1) is 0 Å². The zero-order valence-corrected chi connectivity index (χ0v) is 10.1. The molecule has 15 heavy (non-hydrogen) atoms. The van der Waals surface area contributed by atoms with Crippen LogP contribution in [0.15, 0.2) is 0 Å². The summed E-state index contributed by atoms with van der Waals surface area (Å²) in [6, 6.07) is 0. The number of hydrogen-bond donors (Lipinski definition) is 1. The first-order chi connectivity index (χ1) is 7.06. The van der Waals surface area contributed by atoms with Crippen molar-refractivity contribution in [1.82, 2.24) is 5.32 Å². The van der Waals surface area contributed by atoms with E-state index in [1.54, 1.807) is 0 Å². The van der Waals surface area contributed by atoms with Crippen molar-refractivity contribution in [1.29, 1.82) is 0 Å². The van der Waals surface area contributed by atoms with Crippen LogP contribution >= 0.6 is 0 Å². The molecule has 0 amide bonds. The van der Waals surface area contributed by atoms with E-state index in [0.29, 0.717) is 6.61 Å². The van der Waals surface area contributed by atoms with E-state index < -0.39 is 5.54 Å². The number of nitrogens with one attached hydrogen (secondary N) is 1. The van der Waals surface area contributed by atoms with Crippen molar-refractivity contribution in [2.45, 2.75) is 52.0 Å². The highest BCUT2D eigenvalue weighted by Gasteiger charge is 2.28. The summed E-state index contributed by atoms with van der Waals surface area (Å²) >= 11 is 0. The highest BCUT2D eigenvalue weighted by atomic mass is 16.5. The lowest BCUT2D eigenvalue weighted by atomic mass is 9.83. The highest BCUT2D eigenvalue weighted by molar-refractivity contribution is 5.79. The summed E-state index contributed by atoms with van der Waals surface area (Å²) in [5.41, 5.74) is -0.547. The summed E-state index contributed by atoms with van der Waals surface area (Å²) in [5, 5.41) is 3.11. The fourth-order valence-electron chi connectivity index (χ4n) is 1.79. The summed E-state index contributed by atoms with van der Waals surface area (Å²) in [6.45, 7) is 7.08. The molecule has 0 unspecified atom stereocenters.